The zero-order valence-corrected chi connectivity index (χ0v) is 7.46. The minimum Gasteiger partial charge on any atom is -0.385 e. The third-order valence-corrected chi connectivity index (χ3v) is 3.35. The molecule has 11 heavy (non-hydrogen) atoms. The van der Waals surface area contributed by atoms with Crippen LogP contribution in [0.4, 0.5) is 0 Å². The lowest BCUT2D eigenvalue weighted by atomic mass is 9.87. The fourth-order valence-electron chi connectivity index (χ4n) is 2.38. The minimum absolute atomic E-state index is 0.370. The third kappa shape index (κ3) is 0.807. The first kappa shape index (κ1) is 7.35. The zero-order valence-electron chi connectivity index (χ0n) is 7.46. The molecule has 2 aliphatic rings. The number of rotatable bonds is 1. The van der Waals surface area contributed by atoms with Gasteiger partial charge in [0.15, 0.2) is 0 Å². The Morgan fingerprint density at radius 1 is 1.64 bits per heavy atom. The second-order valence-electron chi connectivity index (χ2n) is 4.38. The second-order valence-corrected chi connectivity index (χ2v) is 4.38. The molecule has 0 amide bonds. The van der Waals surface area contributed by atoms with E-state index in [0.717, 1.165) is 5.92 Å². The largest absolute Gasteiger partial charge is 0.385 e. The molecule has 1 fully saturated rings. The van der Waals surface area contributed by atoms with Crippen molar-refractivity contribution in [1.29, 1.82) is 0 Å². The smallest absolute Gasteiger partial charge is 0.0886 e. The molecular formula is C10H16O. The van der Waals surface area contributed by atoms with E-state index in [4.69, 9.17) is 0 Å². The normalized spacial score (nSPS) is 47.5. The molecule has 0 saturated heterocycles. The van der Waals surface area contributed by atoms with Gasteiger partial charge in [0, 0.05) is 0 Å². The summed E-state index contributed by atoms with van der Waals surface area (Å²) in [5.74, 6) is 1.65. The third-order valence-electron chi connectivity index (χ3n) is 3.35. The highest BCUT2D eigenvalue weighted by molar-refractivity contribution is 5.32. The van der Waals surface area contributed by atoms with E-state index in [1.165, 1.54) is 12.0 Å². The van der Waals surface area contributed by atoms with E-state index in [1.807, 2.05) is 0 Å². The monoisotopic (exact) mass is 152 g/mol. The Morgan fingerprint density at radius 3 is 2.45 bits per heavy atom. The molecule has 2 rings (SSSR count). The molecule has 0 heterocycles. The summed E-state index contributed by atoms with van der Waals surface area (Å²) < 4.78 is 0. The maximum absolute atomic E-state index is 10.2. The molecule has 3 unspecified atom stereocenters. The van der Waals surface area contributed by atoms with Gasteiger partial charge in [0.05, 0.1) is 5.60 Å². The van der Waals surface area contributed by atoms with E-state index >= 15 is 0 Å². The van der Waals surface area contributed by atoms with Gasteiger partial charge in [-0.25, -0.2) is 0 Å². The van der Waals surface area contributed by atoms with E-state index in [9.17, 15) is 5.11 Å². The Morgan fingerprint density at radius 2 is 2.27 bits per heavy atom. The minimum atomic E-state index is -0.464. The van der Waals surface area contributed by atoms with Gasteiger partial charge in [-0.1, -0.05) is 25.5 Å². The molecule has 3 atom stereocenters. The van der Waals surface area contributed by atoms with Crippen molar-refractivity contribution in [2.45, 2.75) is 32.8 Å². The Labute approximate surface area is 68.1 Å². The first-order valence-electron chi connectivity index (χ1n) is 4.47. The summed E-state index contributed by atoms with van der Waals surface area (Å²) in [4.78, 5) is 0. The molecule has 0 bridgehead atoms. The van der Waals surface area contributed by atoms with Gasteiger partial charge in [0.25, 0.3) is 0 Å². The van der Waals surface area contributed by atoms with Gasteiger partial charge < -0.3 is 5.11 Å². The van der Waals surface area contributed by atoms with E-state index < -0.39 is 5.60 Å². The molecule has 1 heteroatoms. The summed E-state index contributed by atoms with van der Waals surface area (Å²) in [5, 5.41) is 10.2. The van der Waals surface area contributed by atoms with Crippen LogP contribution < -0.4 is 0 Å². The van der Waals surface area contributed by atoms with Crippen LogP contribution in [0.5, 0.6) is 0 Å². The van der Waals surface area contributed by atoms with Crippen molar-refractivity contribution in [3.8, 4) is 0 Å². The van der Waals surface area contributed by atoms with Gasteiger partial charge in [0.2, 0.25) is 0 Å². The van der Waals surface area contributed by atoms with Crippen LogP contribution in [0.25, 0.3) is 0 Å². The van der Waals surface area contributed by atoms with E-state index in [2.05, 4.69) is 26.8 Å². The molecule has 0 radical (unpaired) electrons. The molecule has 0 aromatic carbocycles. The molecule has 1 nitrogen and oxygen atoms in total. The van der Waals surface area contributed by atoms with E-state index in [0.29, 0.717) is 11.8 Å². The Bertz CT molecular complexity index is 217. The predicted molar refractivity (Wildman–Crippen MR) is 45.1 cm³/mol. The topological polar surface area (TPSA) is 20.2 Å². The first-order valence-corrected chi connectivity index (χ1v) is 4.47. The Balaban J connectivity index is 2.28. The fourth-order valence-corrected chi connectivity index (χ4v) is 2.38. The predicted octanol–water partition coefficient (Wildman–Crippen LogP) is 1.97. The molecular weight excluding hydrogens is 136 g/mol. The van der Waals surface area contributed by atoms with Crippen LogP contribution in [-0.4, -0.2) is 10.7 Å². The maximum atomic E-state index is 10.2. The van der Waals surface area contributed by atoms with Crippen LogP contribution >= 0.6 is 0 Å². The highest BCUT2D eigenvalue weighted by atomic mass is 16.3. The van der Waals surface area contributed by atoms with Crippen molar-refractivity contribution >= 4 is 0 Å². The molecule has 0 aromatic rings. The number of hydrogen-bond acceptors (Lipinski definition) is 1. The summed E-state index contributed by atoms with van der Waals surface area (Å²) in [6, 6.07) is 0. The maximum Gasteiger partial charge on any atom is 0.0886 e. The lowest BCUT2D eigenvalue weighted by Gasteiger charge is -2.26. The van der Waals surface area contributed by atoms with Crippen LogP contribution in [0, 0.1) is 17.8 Å². The average Bonchev–Trinajstić information content (AvgIpc) is 2.59. The molecule has 62 valence electrons. The van der Waals surface area contributed by atoms with Gasteiger partial charge in [-0.15, -0.1) is 0 Å². The number of allylic oxidation sites excluding steroid dienone is 1. The summed E-state index contributed by atoms with van der Waals surface area (Å²) >= 11 is 0. The first-order chi connectivity index (χ1) is 5.05. The van der Waals surface area contributed by atoms with Crippen molar-refractivity contribution in [2.75, 3.05) is 0 Å². The molecule has 0 aliphatic heterocycles. The van der Waals surface area contributed by atoms with Crippen molar-refractivity contribution in [3.63, 3.8) is 0 Å². The lowest BCUT2D eigenvalue weighted by molar-refractivity contribution is 0.0245. The van der Waals surface area contributed by atoms with Crippen molar-refractivity contribution in [1.82, 2.24) is 0 Å². The molecule has 0 spiro atoms. The Kier molecular flexibility index (Phi) is 1.26. The highest BCUT2D eigenvalue weighted by Gasteiger charge is 2.57. The molecule has 1 saturated carbocycles. The van der Waals surface area contributed by atoms with Gasteiger partial charge >= 0.3 is 0 Å². The lowest BCUT2D eigenvalue weighted by Crippen LogP contribution is -2.33. The summed E-state index contributed by atoms with van der Waals surface area (Å²) in [6.07, 6.45) is 3.30. The molecule has 2 aliphatic carbocycles. The van der Waals surface area contributed by atoms with Gasteiger partial charge in [-0.05, 0) is 31.1 Å². The van der Waals surface area contributed by atoms with Crippen LogP contribution in [0.1, 0.15) is 27.2 Å². The van der Waals surface area contributed by atoms with Gasteiger partial charge in [-0.2, -0.15) is 0 Å². The fraction of sp³-hybridized carbons (Fsp3) is 0.800. The number of hydrogen-bond donors (Lipinski definition) is 1. The van der Waals surface area contributed by atoms with Crippen LogP contribution in [-0.2, 0) is 0 Å². The van der Waals surface area contributed by atoms with Crippen LogP contribution in [0.2, 0.25) is 0 Å². The summed E-state index contributed by atoms with van der Waals surface area (Å²) in [7, 11) is 0. The Hall–Kier alpha value is -0.300. The standard InChI is InChI=1S/C10H16O/c1-6(2)10(11)5-7(3)8-4-9(8)10/h5-6,8-9,11H,4H2,1-3H3. The van der Waals surface area contributed by atoms with Crippen LogP contribution in [0.15, 0.2) is 11.6 Å². The summed E-state index contributed by atoms with van der Waals surface area (Å²) in [6.45, 7) is 6.35. The van der Waals surface area contributed by atoms with Gasteiger partial charge in [0.1, 0.15) is 0 Å². The summed E-state index contributed by atoms with van der Waals surface area (Å²) in [5.41, 5.74) is 0.945. The molecule has 0 aromatic heterocycles. The van der Waals surface area contributed by atoms with E-state index in [1.54, 1.807) is 0 Å². The van der Waals surface area contributed by atoms with Gasteiger partial charge in [-0.3, -0.25) is 0 Å². The number of fused-ring (bicyclic) bond motifs is 1. The van der Waals surface area contributed by atoms with Crippen LogP contribution in [0.3, 0.4) is 0 Å². The van der Waals surface area contributed by atoms with E-state index in [-0.39, 0.29) is 0 Å². The SMILES string of the molecule is CC1=CC(O)(C(C)C)C2CC12. The van der Waals surface area contributed by atoms with Crippen molar-refractivity contribution < 1.29 is 5.11 Å². The second kappa shape index (κ2) is 1.89. The molecule has 1 N–H and O–H groups in total. The van der Waals surface area contributed by atoms with Crippen molar-refractivity contribution in [2.24, 2.45) is 17.8 Å². The quantitative estimate of drug-likeness (QED) is 0.569. The average molecular weight is 152 g/mol. The number of aliphatic hydroxyl groups is 1. The highest BCUT2D eigenvalue weighted by Crippen LogP contribution is 2.58. The zero-order chi connectivity index (χ0) is 8.22. The van der Waals surface area contributed by atoms with Crippen molar-refractivity contribution in [3.05, 3.63) is 11.6 Å².